The van der Waals surface area contributed by atoms with Gasteiger partial charge >= 0.3 is 0 Å². The normalized spacial score (nSPS) is 28.0. The van der Waals surface area contributed by atoms with Crippen molar-refractivity contribution in [2.24, 2.45) is 11.8 Å². The summed E-state index contributed by atoms with van der Waals surface area (Å²) in [5, 5.41) is 0.783. The lowest BCUT2D eigenvalue weighted by Crippen LogP contribution is -2.43. The summed E-state index contributed by atoms with van der Waals surface area (Å²) >= 11 is 6.07. The van der Waals surface area contributed by atoms with Crippen molar-refractivity contribution in [2.75, 3.05) is 20.2 Å². The van der Waals surface area contributed by atoms with E-state index in [9.17, 15) is 0 Å². The maximum atomic E-state index is 6.07. The van der Waals surface area contributed by atoms with Gasteiger partial charge < -0.3 is 9.64 Å². The van der Waals surface area contributed by atoms with Crippen LogP contribution in [0.3, 0.4) is 0 Å². The van der Waals surface area contributed by atoms with Crippen LogP contribution in [0.15, 0.2) is 42.5 Å². The van der Waals surface area contributed by atoms with E-state index in [4.69, 9.17) is 16.3 Å². The number of nitrogens with zero attached hydrogens (tertiary/aromatic N) is 1. The van der Waals surface area contributed by atoms with Crippen LogP contribution in [0.25, 0.3) is 11.1 Å². The van der Waals surface area contributed by atoms with Crippen LogP contribution in [0.5, 0.6) is 5.75 Å². The lowest BCUT2D eigenvalue weighted by molar-refractivity contribution is 0.110. The number of ether oxygens (including phenoxy) is 1. The molecule has 3 heteroatoms. The Balaban J connectivity index is 1.33. The van der Waals surface area contributed by atoms with Gasteiger partial charge in [-0.1, -0.05) is 36.2 Å². The largest absolute Gasteiger partial charge is 0.496 e. The summed E-state index contributed by atoms with van der Waals surface area (Å²) < 4.78 is 5.74. The van der Waals surface area contributed by atoms with E-state index in [-0.39, 0.29) is 0 Å². The zero-order valence-corrected chi connectivity index (χ0v) is 17.5. The fraction of sp³-hybridized carbons (Fsp3) is 0.520. The first-order valence-corrected chi connectivity index (χ1v) is 11.3. The van der Waals surface area contributed by atoms with Crippen LogP contribution in [0, 0.1) is 11.8 Å². The number of hydrogen-bond donors (Lipinski definition) is 0. The maximum absolute atomic E-state index is 6.07. The molecule has 5 rings (SSSR count). The van der Waals surface area contributed by atoms with Gasteiger partial charge in [-0.05, 0) is 104 Å². The van der Waals surface area contributed by atoms with Crippen LogP contribution >= 0.6 is 11.6 Å². The topological polar surface area (TPSA) is 12.5 Å². The first-order chi connectivity index (χ1) is 13.7. The number of fused-ring (bicyclic) bond motifs is 2. The number of halogens is 1. The van der Waals surface area contributed by atoms with Gasteiger partial charge in [0.25, 0.3) is 0 Å². The summed E-state index contributed by atoms with van der Waals surface area (Å²) in [7, 11) is 1.80. The van der Waals surface area contributed by atoms with Crippen molar-refractivity contribution in [2.45, 2.75) is 50.5 Å². The van der Waals surface area contributed by atoms with E-state index < -0.39 is 0 Å². The van der Waals surface area contributed by atoms with Gasteiger partial charge in [0.15, 0.2) is 0 Å². The molecule has 1 saturated heterocycles. The molecule has 2 nitrogen and oxygen atoms in total. The average molecular weight is 396 g/mol. The second kappa shape index (κ2) is 7.72. The summed E-state index contributed by atoms with van der Waals surface area (Å²) in [6, 6.07) is 15.7. The van der Waals surface area contributed by atoms with Crippen LogP contribution < -0.4 is 4.74 Å². The summed E-state index contributed by atoms with van der Waals surface area (Å²) in [5.41, 5.74) is 3.85. The number of benzene rings is 2. The Hall–Kier alpha value is -1.51. The highest BCUT2D eigenvalue weighted by atomic mass is 35.5. The quantitative estimate of drug-likeness (QED) is 0.595. The Morgan fingerprint density at radius 1 is 0.893 bits per heavy atom. The molecule has 2 aromatic carbocycles. The van der Waals surface area contributed by atoms with Crippen LogP contribution in [-0.4, -0.2) is 31.1 Å². The summed E-state index contributed by atoms with van der Waals surface area (Å²) in [4.78, 5) is 2.82. The third kappa shape index (κ3) is 3.46. The fourth-order valence-electron chi connectivity index (χ4n) is 6.08. The van der Waals surface area contributed by atoms with Crippen LogP contribution in [0.4, 0.5) is 0 Å². The van der Waals surface area contributed by atoms with Gasteiger partial charge in [0.05, 0.1) is 7.11 Å². The molecule has 3 aliphatic rings. The molecule has 1 aliphatic heterocycles. The number of methoxy groups -OCH3 is 1. The van der Waals surface area contributed by atoms with Gasteiger partial charge in [-0.2, -0.15) is 0 Å². The van der Waals surface area contributed by atoms with E-state index in [0.29, 0.717) is 5.92 Å². The van der Waals surface area contributed by atoms with Crippen molar-refractivity contribution in [3.63, 3.8) is 0 Å². The molecule has 0 amide bonds. The van der Waals surface area contributed by atoms with E-state index in [0.717, 1.165) is 28.6 Å². The van der Waals surface area contributed by atoms with Gasteiger partial charge in [0, 0.05) is 11.1 Å². The van der Waals surface area contributed by atoms with Gasteiger partial charge in [0.1, 0.15) is 5.75 Å². The molecule has 2 aliphatic carbocycles. The molecular formula is C25H30ClNO. The lowest BCUT2D eigenvalue weighted by Gasteiger charge is -2.40. The molecule has 0 radical (unpaired) electrons. The molecular weight excluding hydrogens is 366 g/mol. The Morgan fingerprint density at radius 2 is 1.64 bits per heavy atom. The minimum absolute atomic E-state index is 0.594. The van der Waals surface area contributed by atoms with Crippen LogP contribution in [0.1, 0.15) is 50.0 Å². The number of rotatable bonds is 4. The molecule has 1 heterocycles. The molecule has 2 bridgehead atoms. The smallest absolute Gasteiger partial charge is 0.122 e. The minimum atomic E-state index is 0.594. The van der Waals surface area contributed by atoms with Gasteiger partial charge in [-0.25, -0.2) is 0 Å². The highest BCUT2D eigenvalue weighted by Crippen LogP contribution is 2.48. The Labute approximate surface area is 173 Å². The first kappa shape index (κ1) is 18.5. The third-order valence-corrected chi connectivity index (χ3v) is 7.80. The summed E-state index contributed by atoms with van der Waals surface area (Å²) in [6.45, 7) is 2.49. The molecule has 3 atom stereocenters. The molecule has 2 aromatic rings. The van der Waals surface area contributed by atoms with Crippen LogP contribution in [0.2, 0.25) is 5.02 Å². The second-order valence-electron chi connectivity index (χ2n) is 9.02. The highest BCUT2D eigenvalue weighted by Gasteiger charge is 2.43. The Kier molecular flexibility index (Phi) is 5.11. The van der Waals surface area contributed by atoms with E-state index in [2.05, 4.69) is 35.2 Å². The number of piperidine rings is 1. The molecule has 148 valence electrons. The monoisotopic (exact) mass is 395 g/mol. The van der Waals surface area contributed by atoms with Gasteiger partial charge in [-0.3, -0.25) is 0 Å². The fourth-order valence-corrected chi connectivity index (χ4v) is 6.20. The van der Waals surface area contributed by atoms with Crippen LogP contribution in [-0.2, 0) is 0 Å². The SMILES string of the molecule is COc1ccc(-c2ccc(Cl)cc2)cc1C1CCN([C@H]2C[C@H]3CC[C@H]2C3)CC1. The van der Waals surface area contributed by atoms with Crippen molar-refractivity contribution >= 4 is 11.6 Å². The predicted octanol–water partition coefficient (Wildman–Crippen LogP) is 6.38. The molecule has 0 N–H and O–H groups in total. The molecule has 0 spiro atoms. The van der Waals surface area contributed by atoms with Crippen molar-refractivity contribution < 1.29 is 4.74 Å². The molecule has 28 heavy (non-hydrogen) atoms. The van der Waals surface area contributed by atoms with Crippen molar-refractivity contribution in [3.8, 4) is 16.9 Å². The maximum Gasteiger partial charge on any atom is 0.122 e. The summed E-state index contributed by atoms with van der Waals surface area (Å²) in [5.74, 6) is 3.65. The molecule has 2 saturated carbocycles. The zero-order valence-electron chi connectivity index (χ0n) is 16.7. The molecule has 3 fully saturated rings. The Morgan fingerprint density at radius 3 is 2.29 bits per heavy atom. The van der Waals surface area contributed by atoms with Crippen molar-refractivity contribution in [1.82, 2.24) is 4.90 Å². The second-order valence-corrected chi connectivity index (χ2v) is 9.45. The Bertz CT molecular complexity index is 825. The van der Waals surface area contributed by atoms with E-state index in [1.165, 1.54) is 68.3 Å². The van der Waals surface area contributed by atoms with E-state index >= 15 is 0 Å². The summed E-state index contributed by atoms with van der Waals surface area (Å²) in [6.07, 6.45) is 8.42. The van der Waals surface area contributed by atoms with Crippen molar-refractivity contribution in [1.29, 1.82) is 0 Å². The molecule has 0 unspecified atom stereocenters. The first-order valence-electron chi connectivity index (χ1n) is 10.9. The van der Waals surface area contributed by atoms with Gasteiger partial charge in [-0.15, -0.1) is 0 Å². The number of hydrogen-bond acceptors (Lipinski definition) is 2. The van der Waals surface area contributed by atoms with E-state index in [1.54, 1.807) is 7.11 Å². The predicted molar refractivity (Wildman–Crippen MR) is 116 cm³/mol. The molecule has 0 aromatic heterocycles. The van der Waals surface area contributed by atoms with Gasteiger partial charge in [0.2, 0.25) is 0 Å². The number of likely N-dealkylation sites (tertiary alicyclic amines) is 1. The average Bonchev–Trinajstić information content (AvgIpc) is 3.38. The van der Waals surface area contributed by atoms with Crippen molar-refractivity contribution in [3.05, 3.63) is 53.1 Å². The highest BCUT2D eigenvalue weighted by molar-refractivity contribution is 6.30. The third-order valence-electron chi connectivity index (χ3n) is 7.55. The standard InChI is InChI=1S/C25H30ClNO/c1-28-25-9-6-20(18-4-7-22(26)8-5-18)16-23(25)19-10-12-27(13-11-19)24-15-17-2-3-21(24)14-17/h4-9,16-17,19,21,24H,2-3,10-15H2,1H3/t17-,21-,24-/m0/s1. The minimum Gasteiger partial charge on any atom is -0.496 e. The zero-order chi connectivity index (χ0) is 19.1. The lowest BCUT2D eigenvalue weighted by atomic mass is 9.85. The van der Waals surface area contributed by atoms with E-state index in [1.807, 2.05) is 12.1 Å².